The van der Waals surface area contributed by atoms with Gasteiger partial charge in [-0.1, -0.05) is 13.3 Å². The van der Waals surface area contributed by atoms with Gasteiger partial charge in [-0.15, -0.1) is 0 Å². The number of benzene rings is 1. The number of ether oxygens (including phenoxy) is 1. The smallest absolute Gasteiger partial charge is 0.371 e. The number of rotatable bonds is 8. The zero-order valence-electron chi connectivity index (χ0n) is 24.5. The molecule has 0 amide bonds. The molecule has 13 nitrogen and oxygen atoms in total. The van der Waals surface area contributed by atoms with Crippen LogP contribution in [0.4, 0.5) is 0 Å². The third-order valence-electron chi connectivity index (χ3n) is 7.02. The van der Waals surface area contributed by atoms with Crippen molar-refractivity contribution < 1.29 is 27.9 Å². The molecule has 2 aromatic heterocycles. The van der Waals surface area contributed by atoms with Crippen LogP contribution < -0.4 is 10.3 Å². The molecule has 0 spiro atoms. The third kappa shape index (κ3) is 6.82. The number of carboxylic acids is 1. The van der Waals surface area contributed by atoms with Gasteiger partial charge in [0.1, 0.15) is 17.1 Å². The van der Waals surface area contributed by atoms with Crippen LogP contribution in [0.2, 0.25) is 0 Å². The number of nitrogens with one attached hydrogen (secondary N) is 1. The van der Waals surface area contributed by atoms with E-state index in [2.05, 4.69) is 15.0 Å². The molecule has 41 heavy (non-hydrogen) atoms. The maximum Gasteiger partial charge on any atom is 0.371 e. The number of piperazine rings is 1. The highest BCUT2D eigenvalue weighted by atomic mass is 32.2. The van der Waals surface area contributed by atoms with Crippen LogP contribution in [0.3, 0.4) is 0 Å². The number of aliphatic carboxylic acids is 1. The number of H-pyrrole nitrogens is 1. The average Bonchev–Trinajstić information content (AvgIpc) is 3.23. The topological polar surface area (TPSA) is 168 Å². The second kappa shape index (κ2) is 12.9. The summed E-state index contributed by atoms with van der Waals surface area (Å²) in [5.74, 6) is -1.49. The second-order valence-corrected chi connectivity index (χ2v) is 12.0. The van der Waals surface area contributed by atoms with E-state index in [-0.39, 0.29) is 28.4 Å². The van der Waals surface area contributed by atoms with E-state index in [1.807, 2.05) is 34.7 Å². The zero-order chi connectivity index (χ0) is 30.6. The van der Waals surface area contributed by atoms with Crippen molar-refractivity contribution in [2.45, 2.75) is 64.4 Å². The number of aryl methyl sites for hydroxylation is 2. The Hall–Kier alpha value is -3.62. The number of hydrogen-bond acceptors (Lipinski definition) is 9. The van der Waals surface area contributed by atoms with Crippen LogP contribution >= 0.6 is 0 Å². The van der Waals surface area contributed by atoms with Crippen LogP contribution in [0.15, 0.2) is 27.9 Å². The number of sulfonamides is 1. The van der Waals surface area contributed by atoms with Crippen LogP contribution in [-0.4, -0.2) is 93.1 Å². The Morgan fingerprint density at radius 2 is 1.76 bits per heavy atom. The molecule has 0 aliphatic carbocycles. The van der Waals surface area contributed by atoms with Gasteiger partial charge in [0.05, 0.1) is 22.8 Å². The Bertz CT molecular complexity index is 1570. The number of hydrogen-bond donors (Lipinski definition) is 2. The maximum atomic E-state index is 13.6. The number of likely N-dealkylation sites (N-methyl/N-ethyl adjacent to an activating group) is 1. The number of Topliss-reactive ketones (excluding diaryl/α,β-unsaturated/α-hetero) is 1. The van der Waals surface area contributed by atoms with Crippen LogP contribution in [0, 0.1) is 0 Å². The number of aromatic nitrogens is 4. The number of aromatic amines is 1. The summed E-state index contributed by atoms with van der Waals surface area (Å²) in [5.41, 5.74) is 1.73. The van der Waals surface area contributed by atoms with Crippen LogP contribution in [0.1, 0.15) is 46.7 Å². The standard InChI is InChI=1S/C24H34N6O4S.C3H4O3/c1-7-9-19-21-22(29(6)27-19)24(31)26-23(25-21)18-12-17(10-11-20(18)34-8-2)35(32,33)30-13-15(3)28(5)16(4)14-30;1-2(4)3(5)6/h10-12,15-16H,7-9,13-14H2,1-6H3,(H,25,26,31);1H3,(H,5,6)/t15-,16+;. The summed E-state index contributed by atoms with van der Waals surface area (Å²) in [6, 6.07) is 4.93. The average molecular weight is 591 g/mol. The fraction of sp³-hybridized carbons (Fsp3) is 0.519. The van der Waals surface area contributed by atoms with E-state index in [1.165, 1.54) is 8.99 Å². The van der Waals surface area contributed by atoms with Gasteiger partial charge in [0.25, 0.3) is 5.56 Å². The number of carboxylic acid groups (broad SMARTS) is 1. The highest BCUT2D eigenvalue weighted by Gasteiger charge is 2.35. The van der Waals surface area contributed by atoms with E-state index in [0.29, 0.717) is 48.5 Å². The summed E-state index contributed by atoms with van der Waals surface area (Å²) in [4.78, 5) is 41.7. The van der Waals surface area contributed by atoms with Crippen molar-refractivity contribution in [1.82, 2.24) is 29.0 Å². The number of ketones is 1. The van der Waals surface area contributed by atoms with E-state index < -0.39 is 21.8 Å². The van der Waals surface area contributed by atoms with Gasteiger partial charge in [0.2, 0.25) is 15.8 Å². The molecule has 3 aromatic rings. The van der Waals surface area contributed by atoms with Crippen molar-refractivity contribution in [3.63, 3.8) is 0 Å². The van der Waals surface area contributed by atoms with Crippen molar-refractivity contribution in [2.24, 2.45) is 7.05 Å². The summed E-state index contributed by atoms with van der Waals surface area (Å²) in [5, 5.41) is 12.1. The first-order valence-electron chi connectivity index (χ1n) is 13.4. The predicted octanol–water partition coefficient (Wildman–Crippen LogP) is 2.05. The Kier molecular flexibility index (Phi) is 10.0. The second-order valence-electron chi connectivity index (χ2n) is 10.1. The third-order valence-corrected chi connectivity index (χ3v) is 8.85. The van der Waals surface area contributed by atoms with Crippen LogP contribution in [-0.2, 0) is 33.1 Å². The first-order chi connectivity index (χ1) is 19.2. The normalized spacial score (nSPS) is 18.1. The van der Waals surface area contributed by atoms with Crippen molar-refractivity contribution in [2.75, 3.05) is 26.7 Å². The summed E-state index contributed by atoms with van der Waals surface area (Å²) in [7, 11) is -0.0351. The molecule has 1 saturated heterocycles. The van der Waals surface area contributed by atoms with Crippen molar-refractivity contribution >= 4 is 32.8 Å². The minimum absolute atomic E-state index is 0.0960. The molecule has 0 saturated carbocycles. The molecule has 1 aliphatic heterocycles. The lowest BCUT2D eigenvalue weighted by atomic mass is 10.1. The molecule has 4 rings (SSSR count). The Morgan fingerprint density at radius 3 is 2.29 bits per heavy atom. The molecule has 2 N–H and O–H groups in total. The molecule has 3 heterocycles. The summed E-state index contributed by atoms with van der Waals surface area (Å²) >= 11 is 0. The molecule has 14 heteroatoms. The predicted molar refractivity (Wildman–Crippen MR) is 153 cm³/mol. The van der Waals surface area contributed by atoms with Gasteiger partial charge in [-0.3, -0.25) is 19.2 Å². The van der Waals surface area contributed by atoms with E-state index in [0.717, 1.165) is 19.0 Å². The minimum Gasteiger partial charge on any atom is -0.493 e. The fourth-order valence-electron chi connectivity index (χ4n) is 4.62. The van der Waals surface area contributed by atoms with E-state index >= 15 is 0 Å². The van der Waals surface area contributed by atoms with Gasteiger partial charge in [-0.05, 0) is 52.4 Å². The summed E-state index contributed by atoms with van der Waals surface area (Å²) < 4.78 is 36.1. The molecule has 0 unspecified atom stereocenters. The van der Waals surface area contributed by atoms with Gasteiger partial charge in [0.15, 0.2) is 5.52 Å². The van der Waals surface area contributed by atoms with Gasteiger partial charge in [-0.2, -0.15) is 9.40 Å². The Balaban J connectivity index is 0.000000696. The zero-order valence-corrected chi connectivity index (χ0v) is 25.3. The minimum atomic E-state index is -3.76. The van der Waals surface area contributed by atoms with Crippen molar-refractivity contribution in [1.29, 1.82) is 0 Å². The number of carbonyl (C=O) groups is 2. The fourth-order valence-corrected chi connectivity index (χ4v) is 6.25. The summed E-state index contributed by atoms with van der Waals surface area (Å²) in [6.45, 7) is 10.1. The van der Waals surface area contributed by atoms with Crippen LogP contribution in [0.25, 0.3) is 22.4 Å². The van der Waals surface area contributed by atoms with Gasteiger partial charge in [-0.25, -0.2) is 18.2 Å². The highest BCUT2D eigenvalue weighted by Crippen LogP contribution is 2.33. The first kappa shape index (κ1) is 31.9. The Morgan fingerprint density at radius 1 is 1.15 bits per heavy atom. The molecule has 0 bridgehead atoms. The van der Waals surface area contributed by atoms with E-state index in [9.17, 15) is 22.8 Å². The molecule has 224 valence electrons. The molecule has 0 radical (unpaired) electrons. The molecule has 1 aliphatic rings. The lowest BCUT2D eigenvalue weighted by Crippen LogP contribution is -2.56. The first-order valence-corrected chi connectivity index (χ1v) is 14.9. The number of fused-ring (bicyclic) bond motifs is 1. The van der Waals surface area contributed by atoms with E-state index in [4.69, 9.17) is 14.8 Å². The van der Waals surface area contributed by atoms with Crippen LogP contribution in [0.5, 0.6) is 5.75 Å². The van der Waals surface area contributed by atoms with Gasteiger partial charge >= 0.3 is 5.97 Å². The quantitative estimate of drug-likeness (QED) is 0.371. The molecule has 1 fully saturated rings. The maximum absolute atomic E-state index is 13.6. The van der Waals surface area contributed by atoms with Crippen molar-refractivity contribution in [3.8, 4) is 17.1 Å². The number of nitrogens with zero attached hydrogens (tertiary/aromatic N) is 5. The molecular weight excluding hydrogens is 552 g/mol. The molecule has 1 aromatic carbocycles. The largest absolute Gasteiger partial charge is 0.493 e. The molecule has 2 atom stereocenters. The lowest BCUT2D eigenvalue weighted by Gasteiger charge is -2.41. The highest BCUT2D eigenvalue weighted by molar-refractivity contribution is 7.89. The monoisotopic (exact) mass is 590 g/mol. The van der Waals surface area contributed by atoms with E-state index in [1.54, 1.807) is 25.2 Å². The van der Waals surface area contributed by atoms with Crippen molar-refractivity contribution in [3.05, 3.63) is 34.2 Å². The SMILES string of the molecule is CC(=O)C(=O)O.CCCc1nn(C)c2c(=O)[nH]c(-c3cc(S(=O)(=O)N4C[C@@H](C)N(C)[C@@H](C)C4)ccc3OCC)nc12. The Labute approximate surface area is 239 Å². The van der Waals surface area contributed by atoms with Gasteiger partial charge in [0, 0.05) is 39.1 Å². The lowest BCUT2D eigenvalue weighted by molar-refractivity contribution is -0.148. The number of carbonyl (C=O) groups excluding carboxylic acids is 1. The molecular formula is C27H38N6O7S. The van der Waals surface area contributed by atoms with Gasteiger partial charge < -0.3 is 14.8 Å². The summed E-state index contributed by atoms with van der Waals surface area (Å²) in [6.07, 6.45) is 1.54.